The minimum absolute atomic E-state index is 0.00948. The first-order valence-electron chi connectivity index (χ1n) is 6.89. The second-order valence-electron chi connectivity index (χ2n) is 5.40. The number of aliphatic hydroxyl groups is 1. The zero-order valence-corrected chi connectivity index (χ0v) is 10.8. The summed E-state index contributed by atoms with van der Waals surface area (Å²) in [6, 6.07) is 4.20. The highest BCUT2D eigenvalue weighted by atomic mass is 16.3. The first kappa shape index (κ1) is 12.4. The third-order valence-corrected chi connectivity index (χ3v) is 4.13. The molecule has 2 amide bonds. The Morgan fingerprint density at radius 1 is 1.32 bits per heavy atom. The number of aromatic nitrogens is 1. The number of hydrogen-bond donors (Lipinski definition) is 2. The summed E-state index contributed by atoms with van der Waals surface area (Å²) in [5.74, 6) is 0. The number of nitrogens with one attached hydrogen (secondary N) is 1. The molecule has 5 nitrogen and oxygen atoms in total. The number of urea groups is 1. The van der Waals surface area contributed by atoms with Crippen LogP contribution in [0.25, 0.3) is 0 Å². The van der Waals surface area contributed by atoms with Gasteiger partial charge in [0.05, 0.1) is 12.1 Å². The van der Waals surface area contributed by atoms with Crippen molar-refractivity contribution in [3.8, 4) is 0 Å². The molecule has 1 saturated heterocycles. The zero-order valence-electron chi connectivity index (χ0n) is 10.8. The fraction of sp³-hybridized carbons (Fsp3) is 0.571. The number of carbonyl (C=O) groups is 1. The average Bonchev–Trinajstić information content (AvgIpc) is 2.83. The zero-order chi connectivity index (χ0) is 13.2. The summed E-state index contributed by atoms with van der Waals surface area (Å²) in [6.45, 7) is 0.700. The van der Waals surface area contributed by atoms with Crippen molar-refractivity contribution in [1.82, 2.24) is 15.2 Å². The quantitative estimate of drug-likeness (QED) is 0.847. The Morgan fingerprint density at radius 3 is 2.79 bits per heavy atom. The molecule has 0 bridgehead atoms. The topological polar surface area (TPSA) is 65.5 Å². The van der Waals surface area contributed by atoms with E-state index in [1.807, 2.05) is 17.0 Å². The van der Waals surface area contributed by atoms with Gasteiger partial charge in [-0.2, -0.15) is 0 Å². The molecule has 5 heteroatoms. The lowest BCUT2D eigenvalue weighted by Crippen LogP contribution is -2.41. The highest BCUT2D eigenvalue weighted by molar-refractivity contribution is 5.77. The largest absolute Gasteiger partial charge is 0.393 e. The molecule has 2 fully saturated rings. The lowest BCUT2D eigenvalue weighted by atomic mass is 9.92. The maximum absolute atomic E-state index is 12.1. The summed E-state index contributed by atoms with van der Waals surface area (Å²) in [6.07, 6.45) is 6.75. The van der Waals surface area contributed by atoms with Crippen LogP contribution < -0.4 is 5.32 Å². The van der Waals surface area contributed by atoms with Gasteiger partial charge in [0.2, 0.25) is 0 Å². The molecule has 1 aromatic rings. The summed E-state index contributed by atoms with van der Waals surface area (Å²) in [7, 11) is 0. The fourth-order valence-corrected chi connectivity index (χ4v) is 3.01. The van der Waals surface area contributed by atoms with Gasteiger partial charge in [0, 0.05) is 25.0 Å². The molecule has 3 rings (SSSR count). The molecule has 1 aromatic heterocycles. The molecule has 0 radical (unpaired) electrons. The molecule has 102 valence electrons. The Morgan fingerprint density at radius 2 is 2.11 bits per heavy atom. The SMILES string of the molecule is O=C1NC(c2cccnc2)CN1C1CCC(O)CC1. The van der Waals surface area contributed by atoms with Crippen molar-refractivity contribution in [2.45, 2.75) is 43.9 Å². The molecule has 1 aliphatic heterocycles. The molecule has 1 atom stereocenters. The van der Waals surface area contributed by atoms with Crippen LogP contribution in [0.1, 0.15) is 37.3 Å². The molecule has 1 saturated carbocycles. The van der Waals surface area contributed by atoms with E-state index >= 15 is 0 Å². The minimum atomic E-state index is -0.184. The molecule has 2 aliphatic rings. The van der Waals surface area contributed by atoms with Gasteiger partial charge in [-0.25, -0.2) is 4.79 Å². The van der Waals surface area contributed by atoms with E-state index in [0.717, 1.165) is 31.2 Å². The number of aliphatic hydroxyl groups excluding tert-OH is 1. The van der Waals surface area contributed by atoms with Crippen LogP contribution in [0.5, 0.6) is 0 Å². The summed E-state index contributed by atoms with van der Waals surface area (Å²) in [5.41, 5.74) is 1.05. The lowest BCUT2D eigenvalue weighted by Gasteiger charge is -2.32. The molecule has 1 unspecified atom stereocenters. The molecule has 0 spiro atoms. The summed E-state index contributed by atoms with van der Waals surface area (Å²) >= 11 is 0. The van der Waals surface area contributed by atoms with Crippen LogP contribution in [0.3, 0.4) is 0 Å². The second-order valence-corrected chi connectivity index (χ2v) is 5.40. The van der Waals surface area contributed by atoms with Crippen molar-refractivity contribution in [1.29, 1.82) is 0 Å². The van der Waals surface area contributed by atoms with Gasteiger partial charge in [0.15, 0.2) is 0 Å². The Bertz CT molecular complexity index is 443. The number of pyridine rings is 1. The van der Waals surface area contributed by atoms with Crippen LogP contribution in [0.4, 0.5) is 4.79 Å². The van der Waals surface area contributed by atoms with E-state index < -0.39 is 0 Å². The van der Waals surface area contributed by atoms with E-state index in [2.05, 4.69) is 10.3 Å². The number of nitrogens with zero attached hydrogens (tertiary/aromatic N) is 2. The standard InChI is InChI=1S/C14H19N3O2/c18-12-5-3-11(4-6-12)17-9-13(16-14(17)19)10-2-1-7-15-8-10/h1-2,7-8,11-13,18H,3-6,9H2,(H,16,19). The van der Waals surface area contributed by atoms with Gasteiger partial charge < -0.3 is 15.3 Å². The monoisotopic (exact) mass is 261 g/mol. The van der Waals surface area contributed by atoms with Gasteiger partial charge in [0.1, 0.15) is 0 Å². The van der Waals surface area contributed by atoms with Crippen molar-refractivity contribution >= 4 is 6.03 Å². The predicted molar refractivity (Wildman–Crippen MR) is 70.5 cm³/mol. The highest BCUT2D eigenvalue weighted by Gasteiger charge is 2.36. The fourth-order valence-electron chi connectivity index (χ4n) is 3.01. The van der Waals surface area contributed by atoms with Gasteiger partial charge in [0.25, 0.3) is 0 Å². The predicted octanol–water partition coefficient (Wildman–Crippen LogP) is 1.45. The van der Waals surface area contributed by atoms with E-state index in [-0.39, 0.29) is 24.2 Å². The number of amides is 2. The maximum Gasteiger partial charge on any atom is 0.318 e. The number of hydrogen-bond acceptors (Lipinski definition) is 3. The van der Waals surface area contributed by atoms with Crippen LogP contribution in [0.15, 0.2) is 24.5 Å². The van der Waals surface area contributed by atoms with Gasteiger partial charge >= 0.3 is 6.03 Å². The van der Waals surface area contributed by atoms with E-state index in [1.165, 1.54) is 0 Å². The van der Waals surface area contributed by atoms with Crippen LogP contribution >= 0.6 is 0 Å². The van der Waals surface area contributed by atoms with E-state index in [1.54, 1.807) is 12.4 Å². The first-order chi connectivity index (χ1) is 9.24. The summed E-state index contributed by atoms with van der Waals surface area (Å²) in [4.78, 5) is 18.1. The van der Waals surface area contributed by atoms with Crippen LogP contribution in [-0.2, 0) is 0 Å². The Hall–Kier alpha value is -1.62. The molecule has 2 N–H and O–H groups in total. The molecular weight excluding hydrogens is 242 g/mol. The van der Waals surface area contributed by atoms with Crippen molar-refractivity contribution in [2.24, 2.45) is 0 Å². The molecule has 1 aliphatic carbocycles. The van der Waals surface area contributed by atoms with Crippen molar-refractivity contribution in [2.75, 3.05) is 6.54 Å². The summed E-state index contributed by atoms with van der Waals surface area (Å²) < 4.78 is 0. The van der Waals surface area contributed by atoms with Crippen molar-refractivity contribution in [3.05, 3.63) is 30.1 Å². The van der Waals surface area contributed by atoms with E-state index in [9.17, 15) is 9.90 Å². The molecule has 19 heavy (non-hydrogen) atoms. The normalized spacial score (nSPS) is 31.3. The highest BCUT2D eigenvalue weighted by Crippen LogP contribution is 2.28. The Labute approximate surface area is 112 Å². The lowest BCUT2D eigenvalue weighted by molar-refractivity contribution is 0.0907. The third-order valence-electron chi connectivity index (χ3n) is 4.13. The van der Waals surface area contributed by atoms with Gasteiger partial charge in [-0.15, -0.1) is 0 Å². The van der Waals surface area contributed by atoms with Gasteiger partial charge in [-0.3, -0.25) is 4.98 Å². The van der Waals surface area contributed by atoms with Crippen molar-refractivity contribution < 1.29 is 9.90 Å². The number of rotatable bonds is 2. The minimum Gasteiger partial charge on any atom is -0.393 e. The Kier molecular flexibility index (Phi) is 3.38. The second kappa shape index (κ2) is 5.17. The molecule has 0 aromatic carbocycles. The summed E-state index contributed by atoms with van der Waals surface area (Å²) in [5, 5.41) is 12.6. The molecular formula is C14H19N3O2. The van der Waals surface area contributed by atoms with E-state index in [4.69, 9.17) is 0 Å². The van der Waals surface area contributed by atoms with Crippen molar-refractivity contribution in [3.63, 3.8) is 0 Å². The van der Waals surface area contributed by atoms with E-state index in [0.29, 0.717) is 6.54 Å². The Balaban J connectivity index is 1.67. The maximum atomic E-state index is 12.1. The van der Waals surface area contributed by atoms with Gasteiger partial charge in [-0.05, 0) is 37.3 Å². The van der Waals surface area contributed by atoms with Crippen LogP contribution in [-0.4, -0.2) is 39.7 Å². The third kappa shape index (κ3) is 2.56. The van der Waals surface area contributed by atoms with Crippen LogP contribution in [0.2, 0.25) is 0 Å². The number of carbonyl (C=O) groups excluding carboxylic acids is 1. The van der Waals surface area contributed by atoms with Gasteiger partial charge in [-0.1, -0.05) is 6.07 Å². The molecule has 2 heterocycles. The first-order valence-corrected chi connectivity index (χ1v) is 6.89. The average molecular weight is 261 g/mol. The smallest absolute Gasteiger partial charge is 0.318 e. The van der Waals surface area contributed by atoms with Crippen LogP contribution in [0, 0.1) is 0 Å².